The molecule has 0 spiro atoms. The molecule has 2 aromatic carbocycles. The van der Waals surface area contributed by atoms with Crippen molar-refractivity contribution < 1.29 is 40.6 Å². The first-order valence-corrected chi connectivity index (χ1v) is 10.5. The molecule has 4 rings (SSSR count). The van der Waals surface area contributed by atoms with Gasteiger partial charge in [0.2, 0.25) is 0 Å². The van der Waals surface area contributed by atoms with Crippen molar-refractivity contribution in [3.8, 4) is 16.9 Å². The third-order valence-corrected chi connectivity index (χ3v) is 5.89. The van der Waals surface area contributed by atoms with Gasteiger partial charge in [0.15, 0.2) is 17.9 Å². The molecule has 1 saturated heterocycles. The third kappa shape index (κ3) is 3.71. The Kier molecular flexibility index (Phi) is 6.22. The molecule has 0 amide bonds. The van der Waals surface area contributed by atoms with E-state index in [9.17, 15) is 13.2 Å². The van der Waals surface area contributed by atoms with Crippen LogP contribution in [0.2, 0.25) is 0 Å². The van der Waals surface area contributed by atoms with Crippen LogP contribution in [0.5, 0.6) is 5.75 Å². The first kappa shape index (κ1) is 23.6. The number of fused-ring (bicyclic) bond motifs is 3. The number of hydrogen-bond acceptors (Lipinski definition) is 3. The molecule has 178 valence electrons. The molecule has 0 bridgehead atoms. The number of hydrogen-bond donors (Lipinski definition) is 0. The zero-order valence-electron chi connectivity index (χ0n) is 17.8. The predicted octanol–water partition coefficient (Wildman–Crippen LogP) is 6.86. The maximum absolute atomic E-state index is 15.4. The Morgan fingerprint density at radius 2 is 1.55 bits per heavy atom. The number of ether oxygens (including phenoxy) is 3. The second-order valence-corrected chi connectivity index (χ2v) is 8.00. The van der Waals surface area contributed by atoms with Crippen LogP contribution in [0.1, 0.15) is 42.7 Å². The largest absolute Gasteiger partial charge is 0.491 e. The summed E-state index contributed by atoms with van der Waals surface area (Å²) in [5.74, 6) is -13.8. The molecule has 1 aliphatic carbocycles. The zero-order chi connectivity index (χ0) is 24.0. The van der Waals surface area contributed by atoms with Crippen molar-refractivity contribution in [1.82, 2.24) is 0 Å². The maximum Gasteiger partial charge on any atom is 0.343 e. The minimum Gasteiger partial charge on any atom is -0.491 e. The second-order valence-electron chi connectivity index (χ2n) is 8.00. The molecule has 33 heavy (non-hydrogen) atoms. The SMILES string of the molecule is C=CCCC1COC(c2ccc3c(c2F)C(F)(F)C(F)(F)c2c-3ccc(OCC)c2F)OC1. The molecule has 0 aromatic heterocycles. The Labute approximate surface area is 187 Å². The fraction of sp³-hybridized carbons (Fsp3) is 0.417. The third-order valence-electron chi connectivity index (χ3n) is 5.89. The van der Waals surface area contributed by atoms with Gasteiger partial charge in [0.05, 0.1) is 30.9 Å². The highest BCUT2D eigenvalue weighted by Crippen LogP contribution is 2.60. The summed E-state index contributed by atoms with van der Waals surface area (Å²) in [7, 11) is 0. The summed E-state index contributed by atoms with van der Waals surface area (Å²) in [6.45, 7) is 5.45. The van der Waals surface area contributed by atoms with Gasteiger partial charge >= 0.3 is 11.8 Å². The molecule has 9 heteroatoms. The summed E-state index contributed by atoms with van der Waals surface area (Å²) in [6, 6.07) is 4.29. The molecule has 0 radical (unpaired) electrons. The van der Waals surface area contributed by atoms with Crippen molar-refractivity contribution >= 4 is 0 Å². The lowest BCUT2D eigenvalue weighted by molar-refractivity contribution is -0.229. The number of rotatable bonds is 6. The van der Waals surface area contributed by atoms with Gasteiger partial charge in [-0.15, -0.1) is 6.58 Å². The van der Waals surface area contributed by atoms with Crippen LogP contribution in [-0.4, -0.2) is 19.8 Å². The van der Waals surface area contributed by atoms with Gasteiger partial charge in [-0.2, -0.15) is 17.6 Å². The first-order chi connectivity index (χ1) is 15.6. The summed E-state index contributed by atoms with van der Waals surface area (Å²) in [6.07, 6.45) is 1.85. The van der Waals surface area contributed by atoms with Gasteiger partial charge in [0, 0.05) is 11.5 Å². The summed E-state index contributed by atoms with van der Waals surface area (Å²) < 4.78 is 106. The average molecular weight is 472 g/mol. The van der Waals surface area contributed by atoms with E-state index in [0.29, 0.717) is 0 Å². The molecule has 0 N–H and O–H groups in total. The monoisotopic (exact) mass is 472 g/mol. The van der Waals surface area contributed by atoms with Crippen LogP contribution in [0, 0.1) is 17.6 Å². The lowest BCUT2D eigenvalue weighted by Crippen LogP contribution is -2.41. The van der Waals surface area contributed by atoms with Crippen molar-refractivity contribution in [2.45, 2.75) is 37.9 Å². The van der Waals surface area contributed by atoms with Crippen molar-refractivity contribution in [1.29, 1.82) is 0 Å². The molecule has 0 unspecified atom stereocenters. The fourth-order valence-corrected chi connectivity index (χ4v) is 4.22. The second kappa shape index (κ2) is 8.68. The van der Waals surface area contributed by atoms with Gasteiger partial charge in [-0.3, -0.25) is 0 Å². The van der Waals surface area contributed by atoms with Crippen LogP contribution < -0.4 is 4.74 Å². The molecule has 1 aliphatic heterocycles. The molecule has 1 heterocycles. The van der Waals surface area contributed by atoms with Gasteiger partial charge in [-0.05, 0) is 43.0 Å². The maximum atomic E-state index is 15.4. The molecular formula is C24H22F6O3. The molecule has 2 aliphatic rings. The van der Waals surface area contributed by atoms with E-state index in [4.69, 9.17) is 14.2 Å². The van der Waals surface area contributed by atoms with Crippen LogP contribution in [0.3, 0.4) is 0 Å². The van der Waals surface area contributed by atoms with Crippen LogP contribution in [0.15, 0.2) is 36.9 Å². The van der Waals surface area contributed by atoms with Crippen molar-refractivity contribution in [3.05, 3.63) is 65.2 Å². The van der Waals surface area contributed by atoms with Gasteiger partial charge in [-0.1, -0.05) is 18.2 Å². The van der Waals surface area contributed by atoms with E-state index in [1.807, 2.05) is 0 Å². The molecular weight excluding hydrogens is 450 g/mol. The summed E-state index contributed by atoms with van der Waals surface area (Å²) >= 11 is 0. The predicted molar refractivity (Wildman–Crippen MR) is 108 cm³/mol. The Hall–Kier alpha value is -2.52. The smallest absolute Gasteiger partial charge is 0.343 e. The van der Waals surface area contributed by atoms with Crippen molar-refractivity contribution in [2.24, 2.45) is 5.92 Å². The van der Waals surface area contributed by atoms with E-state index in [0.717, 1.165) is 37.1 Å². The van der Waals surface area contributed by atoms with E-state index < -0.39 is 63.3 Å². The van der Waals surface area contributed by atoms with Gasteiger partial charge in [0.1, 0.15) is 5.82 Å². The van der Waals surface area contributed by atoms with Crippen molar-refractivity contribution in [2.75, 3.05) is 19.8 Å². The Morgan fingerprint density at radius 1 is 0.970 bits per heavy atom. The normalized spacial score (nSPS) is 22.9. The minimum atomic E-state index is -5.03. The highest BCUT2D eigenvalue weighted by atomic mass is 19.3. The van der Waals surface area contributed by atoms with Gasteiger partial charge in [-0.25, -0.2) is 8.78 Å². The topological polar surface area (TPSA) is 27.7 Å². The Bertz CT molecular complexity index is 1060. The molecule has 2 aromatic rings. The number of allylic oxidation sites excluding steroid dienone is 1. The fourth-order valence-electron chi connectivity index (χ4n) is 4.22. The molecule has 0 saturated carbocycles. The molecule has 1 fully saturated rings. The number of alkyl halides is 4. The highest BCUT2D eigenvalue weighted by Gasteiger charge is 2.65. The lowest BCUT2D eigenvalue weighted by Gasteiger charge is -2.36. The van der Waals surface area contributed by atoms with E-state index in [-0.39, 0.29) is 25.7 Å². The Morgan fingerprint density at radius 3 is 2.12 bits per heavy atom. The lowest BCUT2D eigenvalue weighted by atomic mass is 9.79. The van der Waals surface area contributed by atoms with Crippen LogP contribution in [0.25, 0.3) is 11.1 Å². The van der Waals surface area contributed by atoms with Crippen LogP contribution in [0.4, 0.5) is 26.3 Å². The van der Waals surface area contributed by atoms with Gasteiger partial charge in [0.25, 0.3) is 0 Å². The quantitative estimate of drug-likeness (QED) is 0.340. The van der Waals surface area contributed by atoms with Crippen LogP contribution >= 0.6 is 0 Å². The summed E-state index contributed by atoms with van der Waals surface area (Å²) in [5, 5.41) is 0. The van der Waals surface area contributed by atoms with E-state index in [2.05, 4.69) is 6.58 Å². The molecule has 3 nitrogen and oxygen atoms in total. The first-order valence-electron chi connectivity index (χ1n) is 10.5. The number of benzene rings is 2. The van der Waals surface area contributed by atoms with E-state index >= 15 is 13.2 Å². The average Bonchev–Trinajstić information content (AvgIpc) is 2.78. The number of halogens is 6. The summed E-state index contributed by atoms with van der Waals surface area (Å²) in [5.41, 5.74) is -4.50. The molecule has 0 atom stereocenters. The van der Waals surface area contributed by atoms with Crippen LogP contribution in [-0.2, 0) is 21.3 Å². The highest BCUT2D eigenvalue weighted by molar-refractivity contribution is 5.77. The summed E-state index contributed by atoms with van der Waals surface area (Å²) in [4.78, 5) is 0. The van der Waals surface area contributed by atoms with Crippen molar-refractivity contribution in [3.63, 3.8) is 0 Å². The van der Waals surface area contributed by atoms with E-state index in [1.54, 1.807) is 6.08 Å². The van der Waals surface area contributed by atoms with E-state index in [1.165, 1.54) is 6.92 Å². The van der Waals surface area contributed by atoms with Gasteiger partial charge < -0.3 is 14.2 Å². The zero-order valence-corrected chi connectivity index (χ0v) is 17.8. The minimum absolute atomic E-state index is 0.0140. The Balaban J connectivity index is 1.78. The standard InChI is InChI=1S/C24H22F6O3/c1-3-5-6-13-11-32-22(33-12-13)16-8-7-14-15-9-10-17(31-4-2)21(26)19(15)24(29,30)23(27,28)18(14)20(16)25/h3,7-10,13,22H,1,4-6,11-12H2,2H3.